The van der Waals surface area contributed by atoms with Gasteiger partial charge in [0, 0.05) is 32.0 Å². The van der Waals surface area contributed by atoms with Crippen molar-refractivity contribution in [2.45, 2.75) is 25.8 Å². The summed E-state index contributed by atoms with van der Waals surface area (Å²) in [7, 11) is 0. The number of rotatable bonds is 5. The van der Waals surface area contributed by atoms with Crippen LogP contribution in [-0.2, 0) is 11.3 Å². The van der Waals surface area contributed by atoms with E-state index in [1.807, 2.05) is 10.8 Å². The van der Waals surface area contributed by atoms with E-state index < -0.39 is 0 Å². The Morgan fingerprint density at radius 1 is 1.59 bits per heavy atom. The molecule has 0 saturated carbocycles. The number of aromatic nitrogens is 2. The second kappa shape index (κ2) is 6.39. The van der Waals surface area contributed by atoms with E-state index in [0.717, 1.165) is 45.4 Å². The van der Waals surface area contributed by atoms with Crippen LogP contribution in [0.4, 0.5) is 0 Å². The molecular weight excluding hydrogens is 216 g/mol. The summed E-state index contributed by atoms with van der Waals surface area (Å²) < 4.78 is 2.02. The van der Waals surface area contributed by atoms with Gasteiger partial charge in [-0.3, -0.25) is 4.79 Å². The fourth-order valence-corrected chi connectivity index (χ4v) is 2.11. The van der Waals surface area contributed by atoms with Crippen molar-refractivity contribution in [3.8, 4) is 0 Å². The summed E-state index contributed by atoms with van der Waals surface area (Å²) in [5.41, 5.74) is 0. The summed E-state index contributed by atoms with van der Waals surface area (Å²) in [5, 5.41) is 6.26. The number of imidazole rings is 1. The third kappa shape index (κ3) is 3.85. The van der Waals surface area contributed by atoms with Gasteiger partial charge in [-0.05, 0) is 25.8 Å². The average Bonchev–Trinajstić information content (AvgIpc) is 2.88. The quantitative estimate of drug-likeness (QED) is 0.727. The molecule has 94 valence electrons. The lowest BCUT2D eigenvalue weighted by molar-refractivity contribution is -0.125. The van der Waals surface area contributed by atoms with Crippen molar-refractivity contribution >= 4 is 5.91 Å². The van der Waals surface area contributed by atoms with Crippen LogP contribution in [0.15, 0.2) is 18.7 Å². The van der Waals surface area contributed by atoms with Crippen LogP contribution in [0.1, 0.15) is 19.3 Å². The summed E-state index contributed by atoms with van der Waals surface area (Å²) in [4.78, 5) is 15.8. The van der Waals surface area contributed by atoms with Crippen molar-refractivity contribution in [2.24, 2.45) is 5.92 Å². The Bertz CT molecular complexity index is 330. The standard InChI is InChI=1S/C12H20N4O/c17-12(11-3-1-4-13-9-11)15-5-2-7-16-8-6-14-10-16/h6,8,10-11,13H,1-5,7,9H2,(H,15,17). The smallest absolute Gasteiger partial charge is 0.224 e. The van der Waals surface area contributed by atoms with Crippen LogP contribution in [0.25, 0.3) is 0 Å². The van der Waals surface area contributed by atoms with Gasteiger partial charge in [-0.15, -0.1) is 0 Å². The largest absolute Gasteiger partial charge is 0.356 e. The predicted octanol–water partition coefficient (Wildman–Crippen LogP) is 0.389. The normalized spacial score (nSPS) is 20.1. The number of carbonyl (C=O) groups excluding carboxylic acids is 1. The monoisotopic (exact) mass is 236 g/mol. The van der Waals surface area contributed by atoms with Crippen LogP contribution in [0.2, 0.25) is 0 Å². The van der Waals surface area contributed by atoms with Crippen LogP contribution < -0.4 is 10.6 Å². The molecule has 0 bridgehead atoms. The lowest BCUT2D eigenvalue weighted by Gasteiger charge is -2.21. The van der Waals surface area contributed by atoms with Gasteiger partial charge in [0.15, 0.2) is 0 Å². The van der Waals surface area contributed by atoms with E-state index in [9.17, 15) is 4.79 Å². The Labute approximate surface area is 102 Å². The third-order valence-electron chi connectivity index (χ3n) is 3.12. The Kier molecular flexibility index (Phi) is 4.55. The van der Waals surface area contributed by atoms with Gasteiger partial charge in [0.2, 0.25) is 5.91 Å². The van der Waals surface area contributed by atoms with Crippen LogP contribution >= 0.6 is 0 Å². The average molecular weight is 236 g/mol. The Morgan fingerprint density at radius 2 is 2.53 bits per heavy atom. The first kappa shape index (κ1) is 12.1. The molecular formula is C12H20N4O. The SMILES string of the molecule is O=C(NCCCn1ccnc1)C1CCCNC1. The fraction of sp³-hybridized carbons (Fsp3) is 0.667. The number of carbonyl (C=O) groups is 1. The van der Waals surface area contributed by atoms with E-state index in [1.165, 1.54) is 0 Å². The number of nitrogens with zero attached hydrogens (tertiary/aromatic N) is 2. The lowest BCUT2D eigenvalue weighted by Crippen LogP contribution is -2.40. The highest BCUT2D eigenvalue weighted by Crippen LogP contribution is 2.09. The number of aryl methyl sites for hydroxylation is 1. The highest BCUT2D eigenvalue weighted by molar-refractivity contribution is 5.78. The number of hydrogen-bond acceptors (Lipinski definition) is 3. The summed E-state index contributed by atoms with van der Waals surface area (Å²) in [6.07, 6.45) is 8.57. The minimum absolute atomic E-state index is 0.164. The molecule has 1 amide bonds. The minimum atomic E-state index is 0.164. The molecule has 0 spiro atoms. The summed E-state index contributed by atoms with van der Waals surface area (Å²) in [6, 6.07) is 0. The Hall–Kier alpha value is -1.36. The predicted molar refractivity (Wildman–Crippen MR) is 65.4 cm³/mol. The molecule has 1 aliphatic rings. The van der Waals surface area contributed by atoms with Crippen LogP contribution in [0.3, 0.4) is 0 Å². The first-order valence-corrected chi connectivity index (χ1v) is 6.30. The maximum Gasteiger partial charge on any atom is 0.224 e. The first-order valence-electron chi connectivity index (χ1n) is 6.30. The molecule has 17 heavy (non-hydrogen) atoms. The summed E-state index contributed by atoms with van der Waals surface area (Å²) in [5.74, 6) is 0.361. The van der Waals surface area contributed by atoms with Gasteiger partial charge in [0.1, 0.15) is 0 Å². The molecule has 1 aliphatic heterocycles. The van der Waals surface area contributed by atoms with Gasteiger partial charge in [-0.25, -0.2) is 4.98 Å². The lowest BCUT2D eigenvalue weighted by atomic mass is 9.99. The number of hydrogen-bond donors (Lipinski definition) is 2. The van der Waals surface area contributed by atoms with Crippen LogP contribution in [0.5, 0.6) is 0 Å². The second-order valence-electron chi connectivity index (χ2n) is 4.49. The van der Waals surface area contributed by atoms with Gasteiger partial charge < -0.3 is 15.2 Å². The summed E-state index contributed by atoms with van der Waals surface area (Å²) in [6.45, 7) is 3.52. The van der Waals surface area contributed by atoms with Gasteiger partial charge in [0.05, 0.1) is 12.2 Å². The molecule has 1 saturated heterocycles. The van der Waals surface area contributed by atoms with Crippen molar-refractivity contribution in [2.75, 3.05) is 19.6 Å². The zero-order valence-corrected chi connectivity index (χ0v) is 10.1. The van der Waals surface area contributed by atoms with E-state index in [1.54, 1.807) is 12.5 Å². The second-order valence-corrected chi connectivity index (χ2v) is 4.49. The number of piperidine rings is 1. The maximum atomic E-state index is 11.8. The van der Waals surface area contributed by atoms with Crippen LogP contribution in [-0.4, -0.2) is 35.1 Å². The van der Waals surface area contributed by atoms with Gasteiger partial charge in [-0.2, -0.15) is 0 Å². The zero-order valence-electron chi connectivity index (χ0n) is 10.1. The highest BCUT2D eigenvalue weighted by atomic mass is 16.1. The Balaban J connectivity index is 1.59. The zero-order chi connectivity index (χ0) is 11.9. The third-order valence-corrected chi connectivity index (χ3v) is 3.12. The molecule has 5 nitrogen and oxygen atoms in total. The molecule has 2 heterocycles. The van der Waals surface area contributed by atoms with E-state index in [2.05, 4.69) is 15.6 Å². The molecule has 1 unspecified atom stereocenters. The van der Waals surface area contributed by atoms with Crippen molar-refractivity contribution in [3.63, 3.8) is 0 Å². The molecule has 0 radical (unpaired) electrons. The minimum Gasteiger partial charge on any atom is -0.356 e. The molecule has 1 atom stereocenters. The van der Waals surface area contributed by atoms with Crippen LogP contribution in [0, 0.1) is 5.92 Å². The highest BCUT2D eigenvalue weighted by Gasteiger charge is 2.19. The molecule has 0 aliphatic carbocycles. The maximum absolute atomic E-state index is 11.8. The van der Waals surface area contributed by atoms with E-state index >= 15 is 0 Å². The van der Waals surface area contributed by atoms with Gasteiger partial charge in [-0.1, -0.05) is 0 Å². The molecule has 1 aromatic heterocycles. The first-order chi connectivity index (χ1) is 8.36. The molecule has 0 aromatic carbocycles. The van der Waals surface area contributed by atoms with Crippen molar-refractivity contribution in [1.82, 2.24) is 20.2 Å². The molecule has 5 heteroatoms. The summed E-state index contributed by atoms with van der Waals surface area (Å²) >= 11 is 0. The number of amides is 1. The van der Waals surface area contributed by atoms with E-state index in [0.29, 0.717) is 0 Å². The Morgan fingerprint density at radius 3 is 3.24 bits per heavy atom. The molecule has 2 N–H and O–H groups in total. The fourth-order valence-electron chi connectivity index (χ4n) is 2.11. The van der Waals surface area contributed by atoms with Crippen molar-refractivity contribution < 1.29 is 4.79 Å². The number of nitrogens with one attached hydrogen (secondary N) is 2. The van der Waals surface area contributed by atoms with E-state index in [4.69, 9.17) is 0 Å². The van der Waals surface area contributed by atoms with E-state index in [-0.39, 0.29) is 11.8 Å². The van der Waals surface area contributed by atoms with Gasteiger partial charge in [0.25, 0.3) is 0 Å². The molecule has 2 rings (SSSR count). The van der Waals surface area contributed by atoms with Gasteiger partial charge >= 0.3 is 0 Å². The molecule has 1 fully saturated rings. The topological polar surface area (TPSA) is 59.0 Å². The molecule has 1 aromatic rings. The van der Waals surface area contributed by atoms with Crippen molar-refractivity contribution in [1.29, 1.82) is 0 Å². The van der Waals surface area contributed by atoms with Crippen molar-refractivity contribution in [3.05, 3.63) is 18.7 Å².